The first-order chi connectivity index (χ1) is 6.02. The Bertz CT molecular complexity index is 156. The largest absolute Gasteiger partial charge is 0.404 e. The van der Waals surface area contributed by atoms with Gasteiger partial charge in [-0.2, -0.15) is 13.2 Å². The van der Waals surface area contributed by atoms with Gasteiger partial charge < -0.3 is 0 Å². The molecule has 1 nitrogen and oxygen atoms in total. The Hall–Kier alpha value is 0.220. The first-order valence-corrected chi connectivity index (χ1v) is 5.18. The molecule has 0 spiro atoms. The van der Waals surface area contributed by atoms with Gasteiger partial charge >= 0.3 is 6.18 Å². The Labute approximate surface area is 90.3 Å². The summed E-state index contributed by atoms with van der Waals surface area (Å²) in [5, 5.41) is 0. The first-order valence-electron chi connectivity index (χ1n) is 4.10. The van der Waals surface area contributed by atoms with Crippen LogP contribution in [0.4, 0.5) is 13.2 Å². The SMILES string of the molecule is CC/C=C\CCC(NI)C(F)(F)F. The summed E-state index contributed by atoms with van der Waals surface area (Å²) in [6, 6.07) is -1.39. The van der Waals surface area contributed by atoms with Gasteiger partial charge in [-0.05, 0) is 19.3 Å². The van der Waals surface area contributed by atoms with Crippen molar-refractivity contribution in [2.45, 2.75) is 38.4 Å². The second-order valence-corrected chi connectivity index (χ2v) is 3.28. The highest BCUT2D eigenvalue weighted by Crippen LogP contribution is 2.24. The Balaban J connectivity index is 3.80. The van der Waals surface area contributed by atoms with Crippen molar-refractivity contribution in [2.24, 2.45) is 0 Å². The lowest BCUT2D eigenvalue weighted by atomic mass is 10.1. The zero-order chi connectivity index (χ0) is 10.3. The molecule has 0 aromatic rings. The monoisotopic (exact) mass is 307 g/mol. The van der Waals surface area contributed by atoms with E-state index < -0.39 is 12.2 Å². The summed E-state index contributed by atoms with van der Waals surface area (Å²) < 4.78 is 38.6. The molecule has 0 bridgehead atoms. The topological polar surface area (TPSA) is 12.0 Å². The minimum Gasteiger partial charge on any atom is -0.249 e. The number of halogens is 4. The summed E-state index contributed by atoms with van der Waals surface area (Å²) in [6.45, 7) is 1.95. The zero-order valence-corrected chi connectivity index (χ0v) is 9.52. The number of allylic oxidation sites excluding steroid dienone is 2. The Morgan fingerprint density at radius 1 is 1.38 bits per heavy atom. The molecule has 0 fully saturated rings. The zero-order valence-electron chi connectivity index (χ0n) is 7.37. The van der Waals surface area contributed by atoms with Gasteiger partial charge in [-0.25, -0.2) is 3.53 Å². The second kappa shape index (κ2) is 6.64. The number of hydrogen-bond donors (Lipinski definition) is 1. The number of alkyl halides is 3. The highest BCUT2D eigenvalue weighted by Gasteiger charge is 2.38. The van der Waals surface area contributed by atoms with Crippen LogP contribution < -0.4 is 3.53 Å². The summed E-state index contributed by atoms with van der Waals surface area (Å²) in [7, 11) is 0. The molecule has 1 unspecified atom stereocenters. The minimum absolute atomic E-state index is 0.100. The van der Waals surface area contributed by atoms with E-state index in [1.807, 2.05) is 13.0 Å². The molecule has 0 radical (unpaired) electrons. The summed E-state index contributed by atoms with van der Waals surface area (Å²) in [6.07, 6.45) is 0.958. The van der Waals surface area contributed by atoms with Gasteiger partial charge in [-0.1, -0.05) is 19.1 Å². The third-order valence-corrected chi connectivity index (χ3v) is 2.30. The molecule has 1 atom stereocenters. The lowest BCUT2D eigenvalue weighted by Crippen LogP contribution is -2.36. The van der Waals surface area contributed by atoms with Crippen LogP contribution in [0.5, 0.6) is 0 Å². The van der Waals surface area contributed by atoms with Gasteiger partial charge in [0.15, 0.2) is 0 Å². The summed E-state index contributed by atoms with van der Waals surface area (Å²) in [4.78, 5) is 0. The third-order valence-electron chi connectivity index (χ3n) is 1.55. The number of nitrogens with one attached hydrogen (secondary N) is 1. The summed E-state index contributed by atoms with van der Waals surface area (Å²) in [5.74, 6) is 0. The van der Waals surface area contributed by atoms with Crippen LogP contribution in [0.1, 0.15) is 26.2 Å². The van der Waals surface area contributed by atoms with E-state index in [9.17, 15) is 13.2 Å². The van der Waals surface area contributed by atoms with Crippen LogP contribution >= 0.6 is 22.9 Å². The molecule has 0 aromatic carbocycles. The molecule has 78 valence electrons. The van der Waals surface area contributed by atoms with E-state index in [1.165, 1.54) is 0 Å². The lowest BCUT2D eigenvalue weighted by Gasteiger charge is -2.17. The van der Waals surface area contributed by atoms with Crippen LogP contribution in [0.3, 0.4) is 0 Å². The maximum Gasteiger partial charge on any atom is 0.404 e. The lowest BCUT2D eigenvalue weighted by molar-refractivity contribution is -0.150. The highest BCUT2D eigenvalue weighted by molar-refractivity contribution is 14.1. The molecule has 0 heterocycles. The number of hydrogen-bond acceptors (Lipinski definition) is 1. The van der Waals surface area contributed by atoms with Gasteiger partial charge in [-0.15, -0.1) is 0 Å². The number of rotatable bonds is 5. The van der Waals surface area contributed by atoms with Crippen molar-refractivity contribution in [3.8, 4) is 0 Å². The molecule has 0 aliphatic rings. The van der Waals surface area contributed by atoms with Crippen LogP contribution in [0.25, 0.3) is 0 Å². The van der Waals surface area contributed by atoms with Gasteiger partial charge in [0.05, 0.1) is 0 Å². The molecule has 0 aliphatic heterocycles. The fraction of sp³-hybridized carbons (Fsp3) is 0.750. The van der Waals surface area contributed by atoms with Crippen molar-refractivity contribution in [1.29, 1.82) is 0 Å². The predicted molar refractivity (Wildman–Crippen MR) is 55.7 cm³/mol. The van der Waals surface area contributed by atoms with Crippen LogP contribution in [-0.2, 0) is 0 Å². The van der Waals surface area contributed by atoms with Crippen LogP contribution in [0.2, 0.25) is 0 Å². The smallest absolute Gasteiger partial charge is 0.249 e. The molecule has 0 saturated carbocycles. The Morgan fingerprint density at radius 2 is 2.00 bits per heavy atom. The van der Waals surface area contributed by atoms with E-state index in [2.05, 4.69) is 3.53 Å². The average molecular weight is 307 g/mol. The molecule has 5 heteroatoms. The van der Waals surface area contributed by atoms with Crippen LogP contribution in [0, 0.1) is 0 Å². The van der Waals surface area contributed by atoms with E-state index in [0.717, 1.165) is 6.42 Å². The van der Waals surface area contributed by atoms with E-state index in [0.29, 0.717) is 6.42 Å². The fourth-order valence-electron chi connectivity index (χ4n) is 0.827. The van der Waals surface area contributed by atoms with Crippen LogP contribution in [0.15, 0.2) is 12.2 Å². The van der Waals surface area contributed by atoms with Gasteiger partial charge in [0.1, 0.15) is 6.04 Å². The molecule has 0 saturated heterocycles. The maximum absolute atomic E-state index is 12.1. The standard InChI is InChI=1S/C8H13F3IN/c1-2-3-4-5-6-7(13-12)8(9,10)11/h3-4,7,13H,2,5-6H2,1H3/b4-3-. The normalized spacial score (nSPS) is 15.2. The second-order valence-electron chi connectivity index (χ2n) is 2.66. The predicted octanol–water partition coefficient (Wildman–Crippen LogP) is 3.60. The molecule has 0 rings (SSSR count). The van der Waals surface area contributed by atoms with Gasteiger partial charge in [-0.3, -0.25) is 0 Å². The first kappa shape index (κ1) is 13.2. The quantitative estimate of drug-likeness (QED) is 0.465. The molecule has 0 aliphatic carbocycles. The molecule has 1 N–H and O–H groups in total. The minimum atomic E-state index is -4.14. The summed E-state index contributed by atoms with van der Waals surface area (Å²) >= 11 is 1.54. The van der Waals surface area contributed by atoms with Crippen molar-refractivity contribution < 1.29 is 13.2 Å². The molecular weight excluding hydrogens is 294 g/mol. The van der Waals surface area contributed by atoms with Crippen molar-refractivity contribution in [3.05, 3.63) is 12.2 Å². The van der Waals surface area contributed by atoms with E-state index in [-0.39, 0.29) is 6.42 Å². The summed E-state index contributed by atoms with van der Waals surface area (Å²) in [5.41, 5.74) is 0. The van der Waals surface area contributed by atoms with Crippen molar-refractivity contribution in [3.63, 3.8) is 0 Å². The van der Waals surface area contributed by atoms with Crippen molar-refractivity contribution >= 4 is 22.9 Å². The van der Waals surface area contributed by atoms with Gasteiger partial charge in [0.25, 0.3) is 0 Å². The fourth-order valence-corrected chi connectivity index (χ4v) is 1.49. The van der Waals surface area contributed by atoms with Crippen LogP contribution in [-0.4, -0.2) is 12.2 Å². The maximum atomic E-state index is 12.1. The van der Waals surface area contributed by atoms with E-state index >= 15 is 0 Å². The average Bonchev–Trinajstić information content (AvgIpc) is 2.02. The van der Waals surface area contributed by atoms with Crippen molar-refractivity contribution in [2.75, 3.05) is 0 Å². The van der Waals surface area contributed by atoms with Gasteiger partial charge in [0.2, 0.25) is 0 Å². The molecule has 13 heavy (non-hydrogen) atoms. The van der Waals surface area contributed by atoms with E-state index in [1.54, 1.807) is 28.9 Å². The van der Waals surface area contributed by atoms with E-state index in [4.69, 9.17) is 0 Å². The third kappa shape index (κ3) is 6.31. The molecule has 0 aromatic heterocycles. The molecule has 0 amide bonds. The Morgan fingerprint density at radius 3 is 2.38 bits per heavy atom. The van der Waals surface area contributed by atoms with Crippen molar-refractivity contribution in [1.82, 2.24) is 3.53 Å². The molecular formula is C8H13F3IN. The van der Waals surface area contributed by atoms with Gasteiger partial charge in [0, 0.05) is 22.9 Å². The Kier molecular flexibility index (Phi) is 6.75. The highest BCUT2D eigenvalue weighted by atomic mass is 127.